The summed E-state index contributed by atoms with van der Waals surface area (Å²) in [7, 11) is -2.24. The smallest absolute Gasteiger partial charge is 0.251 e. The number of nitrogens with one attached hydrogen (secondary N) is 2. The quantitative estimate of drug-likeness (QED) is 0.590. The molecule has 0 saturated heterocycles. The number of benzene rings is 2. The normalized spacial score (nSPS) is 11.7. The number of sulfone groups is 1. The number of nitrogens with zero attached hydrogens (tertiary/aromatic N) is 1. The van der Waals surface area contributed by atoms with Crippen LogP contribution in [0, 0.1) is 11.3 Å². The van der Waals surface area contributed by atoms with E-state index < -0.39 is 33.4 Å². The predicted molar refractivity (Wildman–Crippen MR) is 107 cm³/mol. The van der Waals surface area contributed by atoms with Gasteiger partial charge in [0, 0.05) is 5.56 Å². The maximum atomic E-state index is 12.6. The molecule has 2 aromatic carbocycles. The van der Waals surface area contributed by atoms with Gasteiger partial charge in [0.15, 0.2) is 9.84 Å². The van der Waals surface area contributed by atoms with Gasteiger partial charge in [0.25, 0.3) is 5.91 Å². The van der Waals surface area contributed by atoms with Crippen LogP contribution < -0.4 is 15.4 Å². The van der Waals surface area contributed by atoms with E-state index >= 15 is 0 Å². The Morgan fingerprint density at radius 3 is 2.34 bits per heavy atom. The lowest BCUT2D eigenvalue weighted by atomic mass is 10.2. The number of ether oxygens (including phenoxy) is 1. The predicted octanol–water partition coefficient (Wildman–Crippen LogP) is 1.05. The average molecular weight is 415 g/mol. The van der Waals surface area contributed by atoms with Crippen LogP contribution in [0.2, 0.25) is 0 Å². The molecule has 8 nitrogen and oxygen atoms in total. The Bertz CT molecular complexity index is 983. The Hall–Kier alpha value is -3.38. The zero-order valence-electron chi connectivity index (χ0n) is 15.8. The van der Waals surface area contributed by atoms with E-state index in [2.05, 4.69) is 10.6 Å². The third-order valence-electron chi connectivity index (χ3n) is 3.97. The first-order valence-electron chi connectivity index (χ1n) is 8.68. The first kappa shape index (κ1) is 21.9. The Labute approximate surface area is 169 Å². The molecule has 0 bridgehead atoms. The van der Waals surface area contributed by atoms with Crippen LogP contribution in [0.3, 0.4) is 0 Å². The van der Waals surface area contributed by atoms with E-state index in [1.165, 1.54) is 7.11 Å². The van der Waals surface area contributed by atoms with Crippen molar-refractivity contribution < 1.29 is 22.7 Å². The summed E-state index contributed by atoms with van der Waals surface area (Å²) in [6.45, 7) is -0.297. The number of rotatable bonds is 9. The lowest BCUT2D eigenvalue weighted by molar-refractivity contribution is -0.122. The number of methoxy groups -OCH3 is 1. The van der Waals surface area contributed by atoms with E-state index in [4.69, 9.17) is 10.00 Å². The average Bonchev–Trinajstić information content (AvgIpc) is 2.72. The molecule has 0 fully saturated rings. The van der Waals surface area contributed by atoms with E-state index in [1.54, 1.807) is 60.7 Å². The molecule has 0 aromatic heterocycles. The molecule has 9 heteroatoms. The number of hydrogen-bond donors (Lipinski definition) is 2. The molecule has 0 saturated carbocycles. The number of carbonyl (C=O) groups excluding carboxylic acids is 2. The summed E-state index contributed by atoms with van der Waals surface area (Å²) in [6.07, 6.45) is 0. The molecule has 1 unspecified atom stereocenters. The lowest BCUT2D eigenvalue weighted by Gasteiger charge is -2.18. The van der Waals surface area contributed by atoms with Crippen LogP contribution in [-0.2, 0) is 20.4 Å². The highest BCUT2D eigenvalue weighted by Crippen LogP contribution is 2.14. The van der Waals surface area contributed by atoms with E-state index in [0.717, 1.165) is 0 Å². The maximum Gasteiger partial charge on any atom is 0.251 e. The number of carbonyl (C=O) groups is 2. The lowest BCUT2D eigenvalue weighted by Crippen LogP contribution is -2.50. The van der Waals surface area contributed by atoms with Crippen molar-refractivity contribution in [3.63, 3.8) is 0 Å². The summed E-state index contributed by atoms with van der Waals surface area (Å²) in [5.74, 6) is -1.64. The zero-order chi connectivity index (χ0) is 21.3. The first-order chi connectivity index (χ1) is 13.8. The molecule has 0 spiro atoms. The van der Waals surface area contributed by atoms with Crippen LogP contribution in [0.15, 0.2) is 54.6 Å². The molecule has 2 aromatic rings. The minimum Gasteiger partial charge on any atom is -0.497 e. The summed E-state index contributed by atoms with van der Waals surface area (Å²) in [4.78, 5) is 24.7. The van der Waals surface area contributed by atoms with Gasteiger partial charge in [-0.15, -0.1) is 0 Å². The van der Waals surface area contributed by atoms with E-state index in [0.29, 0.717) is 11.3 Å². The fourth-order valence-corrected chi connectivity index (χ4v) is 4.11. The van der Waals surface area contributed by atoms with Crippen LogP contribution in [0.4, 0.5) is 0 Å². The molecule has 0 aliphatic heterocycles. The highest BCUT2D eigenvalue weighted by Gasteiger charge is 2.27. The summed E-state index contributed by atoms with van der Waals surface area (Å²) in [5, 5.41) is 13.4. The third-order valence-corrected chi connectivity index (χ3v) is 5.58. The minimum atomic E-state index is -3.75. The molecule has 0 heterocycles. The Morgan fingerprint density at radius 1 is 1.10 bits per heavy atom. The van der Waals surface area contributed by atoms with Crippen molar-refractivity contribution >= 4 is 21.7 Å². The van der Waals surface area contributed by atoms with Gasteiger partial charge >= 0.3 is 0 Å². The SMILES string of the molecule is COc1ccc(CS(=O)(=O)CC(NC(=O)c2ccccc2)C(=O)NCC#N)cc1. The van der Waals surface area contributed by atoms with Crippen molar-refractivity contribution in [3.8, 4) is 11.8 Å². The van der Waals surface area contributed by atoms with Gasteiger partial charge in [-0.2, -0.15) is 5.26 Å². The van der Waals surface area contributed by atoms with Crippen molar-refractivity contribution in [1.29, 1.82) is 5.26 Å². The van der Waals surface area contributed by atoms with Gasteiger partial charge in [0.2, 0.25) is 5.91 Å². The van der Waals surface area contributed by atoms with Crippen molar-refractivity contribution in [1.82, 2.24) is 10.6 Å². The monoisotopic (exact) mass is 415 g/mol. The molecule has 0 aliphatic carbocycles. The highest BCUT2D eigenvalue weighted by molar-refractivity contribution is 7.90. The van der Waals surface area contributed by atoms with Gasteiger partial charge in [-0.25, -0.2) is 8.42 Å². The Balaban J connectivity index is 2.15. The number of nitriles is 1. The number of amides is 2. The van der Waals surface area contributed by atoms with Gasteiger partial charge in [0.05, 0.1) is 24.7 Å². The van der Waals surface area contributed by atoms with Crippen molar-refractivity contribution in [2.45, 2.75) is 11.8 Å². The molecule has 2 rings (SSSR count). The molecule has 0 aliphatic rings. The summed E-state index contributed by atoms with van der Waals surface area (Å²) in [5.41, 5.74) is 0.814. The van der Waals surface area contributed by atoms with Gasteiger partial charge < -0.3 is 15.4 Å². The van der Waals surface area contributed by atoms with E-state index in [9.17, 15) is 18.0 Å². The third kappa shape index (κ3) is 6.93. The molecule has 2 amide bonds. The second-order valence-electron chi connectivity index (χ2n) is 6.17. The highest BCUT2D eigenvalue weighted by atomic mass is 32.2. The fourth-order valence-electron chi connectivity index (χ4n) is 2.55. The van der Waals surface area contributed by atoms with Crippen LogP contribution >= 0.6 is 0 Å². The molecule has 0 radical (unpaired) electrons. The van der Waals surface area contributed by atoms with Crippen molar-refractivity contribution in [2.24, 2.45) is 0 Å². The Morgan fingerprint density at radius 2 is 1.76 bits per heavy atom. The van der Waals surface area contributed by atoms with Crippen molar-refractivity contribution in [3.05, 3.63) is 65.7 Å². The molecular formula is C20H21N3O5S. The van der Waals surface area contributed by atoms with Crippen LogP contribution in [0.5, 0.6) is 5.75 Å². The van der Waals surface area contributed by atoms with Crippen LogP contribution in [0.1, 0.15) is 15.9 Å². The summed E-state index contributed by atoms with van der Waals surface area (Å²) < 4.78 is 30.3. The summed E-state index contributed by atoms with van der Waals surface area (Å²) >= 11 is 0. The van der Waals surface area contributed by atoms with E-state index in [1.807, 2.05) is 0 Å². The zero-order valence-corrected chi connectivity index (χ0v) is 16.6. The molecule has 1 atom stereocenters. The summed E-state index contributed by atoms with van der Waals surface area (Å²) in [6, 6.07) is 15.0. The number of hydrogen-bond acceptors (Lipinski definition) is 6. The van der Waals surface area contributed by atoms with Crippen LogP contribution in [0.25, 0.3) is 0 Å². The Kier molecular flexibility index (Phi) is 7.74. The van der Waals surface area contributed by atoms with E-state index in [-0.39, 0.29) is 17.9 Å². The van der Waals surface area contributed by atoms with Crippen molar-refractivity contribution in [2.75, 3.05) is 19.4 Å². The van der Waals surface area contributed by atoms with Gasteiger partial charge in [-0.05, 0) is 29.8 Å². The fraction of sp³-hybridized carbons (Fsp3) is 0.250. The standard InChI is InChI=1S/C20H21N3O5S/c1-28-17-9-7-15(8-10-17)13-29(26,27)14-18(20(25)22-12-11-21)23-19(24)16-5-3-2-4-6-16/h2-10,18H,12-14H2,1H3,(H,22,25)(H,23,24). The van der Waals surface area contributed by atoms with Gasteiger partial charge in [-0.3, -0.25) is 9.59 Å². The molecule has 152 valence electrons. The molecular weight excluding hydrogens is 394 g/mol. The molecule has 29 heavy (non-hydrogen) atoms. The first-order valence-corrected chi connectivity index (χ1v) is 10.5. The van der Waals surface area contributed by atoms with Gasteiger partial charge in [-0.1, -0.05) is 30.3 Å². The largest absolute Gasteiger partial charge is 0.497 e. The second kappa shape index (κ2) is 10.2. The second-order valence-corrected chi connectivity index (χ2v) is 8.28. The minimum absolute atomic E-state index is 0.290. The van der Waals surface area contributed by atoms with Crippen LogP contribution in [-0.4, -0.2) is 45.7 Å². The van der Waals surface area contributed by atoms with Gasteiger partial charge in [0.1, 0.15) is 18.3 Å². The topological polar surface area (TPSA) is 125 Å². The molecule has 2 N–H and O–H groups in total. The maximum absolute atomic E-state index is 12.6.